The van der Waals surface area contributed by atoms with Crippen LogP contribution < -0.4 is 10.2 Å². The molecule has 1 heterocycles. The maximum atomic E-state index is 12.7. The number of hydrazine groups is 1. The third-order valence-electron chi connectivity index (χ3n) is 3.98. The highest BCUT2D eigenvalue weighted by Gasteiger charge is 2.34. The number of nitrogens with one attached hydrogen (secondary N) is 1. The molecule has 2 aromatic rings. The predicted molar refractivity (Wildman–Crippen MR) is 113 cm³/mol. The molecule has 8 nitrogen and oxygen atoms in total. The number of carbonyl (C=O) groups is 2. The second kappa shape index (κ2) is 9.36. The summed E-state index contributed by atoms with van der Waals surface area (Å²) in [7, 11) is 0. The van der Waals surface area contributed by atoms with E-state index in [0.29, 0.717) is 5.56 Å². The summed E-state index contributed by atoms with van der Waals surface area (Å²) < 4.78 is 43.2. The van der Waals surface area contributed by atoms with Crippen molar-refractivity contribution in [1.82, 2.24) is 10.4 Å². The Bertz CT molecular complexity index is 1100. The number of halogens is 3. The monoisotopic (exact) mass is 483 g/mol. The molecule has 0 bridgehead atoms. The number of nitrogens with zero attached hydrogens (tertiary/aromatic N) is 2. The van der Waals surface area contributed by atoms with Crippen molar-refractivity contribution in [3.05, 3.63) is 74.7 Å². The van der Waals surface area contributed by atoms with Gasteiger partial charge in [0.2, 0.25) is 0 Å². The Labute approximate surface area is 188 Å². The molecule has 0 unspecified atom stereocenters. The number of alkyl halides is 3. The molecule has 1 fully saturated rings. The van der Waals surface area contributed by atoms with Gasteiger partial charge in [-0.3, -0.25) is 25.1 Å². The number of non-ortho nitro benzene ring substituents is 1. The number of amides is 2. The van der Waals surface area contributed by atoms with Crippen LogP contribution in [0.15, 0.2) is 53.4 Å². The van der Waals surface area contributed by atoms with E-state index in [-0.39, 0.29) is 20.7 Å². The van der Waals surface area contributed by atoms with E-state index < -0.39 is 35.1 Å². The molecular weight excluding hydrogens is 471 g/mol. The predicted octanol–water partition coefficient (Wildman–Crippen LogP) is 3.93. The van der Waals surface area contributed by atoms with Crippen molar-refractivity contribution in [2.75, 3.05) is 6.61 Å². The maximum absolute atomic E-state index is 12.7. The number of hydrogen-bond acceptors (Lipinski definition) is 7. The molecule has 2 aromatic carbocycles. The fourth-order valence-electron chi connectivity index (χ4n) is 2.45. The average Bonchev–Trinajstić information content (AvgIpc) is 2.99. The van der Waals surface area contributed by atoms with Crippen LogP contribution >= 0.6 is 24.0 Å². The maximum Gasteiger partial charge on any atom is 0.416 e. The molecule has 0 aromatic heterocycles. The van der Waals surface area contributed by atoms with Crippen LogP contribution in [0.2, 0.25) is 0 Å². The third-order valence-corrected chi connectivity index (χ3v) is 5.29. The standard InChI is InChI=1S/C19H12F3N3O5S2/c20-19(21,22)12-3-1-11(2-4-12)9-15-17(27)24(18(31)32-15)23-16(26)10-30-14-7-5-13(6-8-14)25(28)29/h1-9H,10H2,(H,23,26)/b15-9+. The molecule has 1 N–H and O–H groups in total. The van der Waals surface area contributed by atoms with Gasteiger partial charge in [0, 0.05) is 12.1 Å². The molecule has 2 amide bonds. The average molecular weight is 483 g/mol. The SMILES string of the molecule is O=C(COc1ccc([N+](=O)[O-])cc1)NN1C(=O)/C(=C\c2ccc(C(F)(F)F)cc2)SC1=S. The van der Waals surface area contributed by atoms with Gasteiger partial charge in [0.1, 0.15) is 5.75 Å². The van der Waals surface area contributed by atoms with Crippen molar-refractivity contribution in [3.63, 3.8) is 0 Å². The highest BCUT2D eigenvalue weighted by molar-refractivity contribution is 8.26. The minimum absolute atomic E-state index is 0.0249. The van der Waals surface area contributed by atoms with E-state index in [2.05, 4.69) is 5.43 Å². The molecule has 3 rings (SSSR count). The molecule has 1 saturated heterocycles. The van der Waals surface area contributed by atoms with Gasteiger partial charge in [0.05, 0.1) is 15.4 Å². The van der Waals surface area contributed by atoms with E-state index in [0.717, 1.165) is 28.9 Å². The quantitative estimate of drug-likeness (QED) is 0.288. The van der Waals surface area contributed by atoms with Gasteiger partial charge in [0.25, 0.3) is 17.5 Å². The van der Waals surface area contributed by atoms with Gasteiger partial charge in [-0.05, 0) is 48.1 Å². The number of hydrogen-bond donors (Lipinski definition) is 1. The van der Waals surface area contributed by atoms with Crippen LogP contribution in [-0.4, -0.2) is 32.7 Å². The Kier molecular flexibility index (Phi) is 6.79. The van der Waals surface area contributed by atoms with E-state index >= 15 is 0 Å². The second-order valence-corrected chi connectivity index (χ2v) is 7.89. The van der Waals surface area contributed by atoms with Crippen molar-refractivity contribution in [1.29, 1.82) is 0 Å². The zero-order chi connectivity index (χ0) is 23.5. The zero-order valence-corrected chi connectivity index (χ0v) is 17.4. The molecule has 0 atom stereocenters. The summed E-state index contributed by atoms with van der Waals surface area (Å²) in [5.41, 5.74) is 1.68. The third kappa shape index (κ3) is 5.62. The number of rotatable bonds is 6. The van der Waals surface area contributed by atoms with Crippen LogP contribution in [0.4, 0.5) is 18.9 Å². The van der Waals surface area contributed by atoms with Crippen molar-refractivity contribution in [2.24, 2.45) is 0 Å². The van der Waals surface area contributed by atoms with E-state index in [1.807, 2.05) is 0 Å². The molecule has 1 aliphatic heterocycles. The van der Waals surface area contributed by atoms with Gasteiger partial charge >= 0.3 is 6.18 Å². The van der Waals surface area contributed by atoms with Crippen LogP contribution in [0.3, 0.4) is 0 Å². The number of carbonyl (C=O) groups excluding carboxylic acids is 2. The van der Waals surface area contributed by atoms with Crippen molar-refractivity contribution in [3.8, 4) is 5.75 Å². The first-order valence-corrected chi connectivity index (χ1v) is 9.89. The number of thiocarbonyl (C=S) groups is 1. The summed E-state index contributed by atoms with van der Waals surface area (Å²) in [6.45, 7) is -0.493. The molecule has 13 heteroatoms. The molecule has 166 valence electrons. The van der Waals surface area contributed by atoms with Gasteiger partial charge in [-0.15, -0.1) is 0 Å². The highest BCUT2D eigenvalue weighted by atomic mass is 32.2. The second-order valence-electron chi connectivity index (χ2n) is 6.21. The first kappa shape index (κ1) is 23.2. The lowest BCUT2D eigenvalue weighted by Gasteiger charge is -2.15. The van der Waals surface area contributed by atoms with Gasteiger partial charge in [-0.2, -0.15) is 18.2 Å². The van der Waals surface area contributed by atoms with Crippen molar-refractivity contribution in [2.45, 2.75) is 6.18 Å². The van der Waals surface area contributed by atoms with E-state index in [1.165, 1.54) is 42.5 Å². The molecule has 0 spiro atoms. The van der Waals surface area contributed by atoms with Gasteiger partial charge in [-0.25, -0.2) is 0 Å². The van der Waals surface area contributed by atoms with E-state index in [4.69, 9.17) is 17.0 Å². The molecule has 0 aliphatic carbocycles. The Morgan fingerprint density at radius 2 is 1.81 bits per heavy atom. The molecule has 0 saturated carbocycles. The minimum atomic E-state index is -4.47. The van der Waals surface area contributed by atoms with Gasteiger partial charge in [0.15, 0.2) is 10.9 Å². The Morgan fingerprint density at radius 3 is 2.38 bits per heavy atom. The lowest BCUT2D eigenvalue weighted by Crippen LogP contribution is -2.46. The van der Waals surface area contributed by atoms with Crippen molar-refractivity contribution < 1.29 is 32.4 Å². The summed E-state index contributed by atoms with van der Waals surface area (Å²) >= 11 is 5.95. The summed E-state index contributed by atoms with van der Waals surface area (Å²) in [6, 6.07) is 9.27. The number of nitro groups is 1. The van der Waals surface area contributed by atoms with Crippen LogP contribution in [0.5, 0.6) is 5.75 Å². The molecule has 0 radical (unpaired) electrons. The Morgan fingerprint density at radius 1 is 1.19 bits per heavy atom. The van der Waals surface area contributed by atoms with Crippen LogP contribution in [0.1, 0.15) is 11.1 Å². The fraction of sp³-hybridized carbons (Fsp3) is 0.105. The van der Waals surface area contributed by atoms with Crippen LogP contribution in [-0.2, 0) is 15.8 Å². The normalized spacial score (nSPS) is 15.2. The highest BCUT2D eigenvalue weighted by Crippen LogP contribution is 2.33. The molecular formula is C19H12F3N3O5S2. The minimum Gasteiger partial charge on any atom is -0.484 e. The first-order valence-electron chi connectivity index (χ1n) is 8.66. The number of benzene rings is 2. The summed E-state index contributed by atoms with van der Waals surface area (Å²) in [5.74, 6) is -1.16. The lowest BCUT2D eigenvalue weighted by atomic mass is 10.1. The Hall–Kier alpha value is -3.45. The smallest absolute Gasteiger partial charge is 0.416 e. The van der Waals surface area contributed by atoms with Gasteiger partial charge < -0.3 is 4.74 Å². The summed E-state index contributed by atoms with van der Waals surface area (Å²) in [5, 5.41) is 11.5. The first-order chi connectivity index (χ1) is 15.0. The van der Waals surface area contributed by atoms with Gasteiger partial charge in [-0.1, -0.05) is 23.9 Å². The fourth-order valence-corrected chi connectivity index (χ4v) is 3.63. The number of thioether (sulfide) groups is 1. The summed E-state index contributed by atoms with van der Waals surface area (Å²) in [6.07, 6.45) is -3.11. The largest absolute Gasteiger partial charge is 0.484 e. The van der Waals surface area contributed by atoms with E-state index in [9.17, 15) is 32.9 Å². The molecule has 1 aliphatic rings. The van der Waals surface area contributed by atoms with Crippen LogP contribution in [0, 0.1) is 10.1 Å². The number of ether oxygens (including phenoxy) is 1. The lowest BCUT2D eigenvalue weighted by molar-refractivity contribution is -0.384. The molecule has 32 heavy (non-hydrogen) atoms. The van der Waals surface area contributed by atoms with E-state index in [1.54, 1.807) is 0 Å². The number of nitro benzene ring substituents is 1. The van der Waals surface area contributed by atoms with Crippen LogP contribution in [0.25, 0.3) is 6.08 Å². The van der Waals surface area contributed by atoms with Crippen molar-refractivity contribution >= 4 is 51.9 Å². The summed E-state index contributed by atoms with van der Waals surface area (Å²) in [4.78, 5) is 34.8. The zero-order valence-electron chi connectivity index (χ0n) is 15.8. The topological polar surface area (TPSA) is 102 Å². The Balaban J connectivity index is 1.60.